The van der Waals surface area contributed by atoms with Crippen LogP contribution in [0.25, 0.3) is 0 Å². The molecular formula is C16H18N2O2. The summed E-state index contributed by atoms with van der Waals surface area (Å²) in [5, 5.41) is 0. The largest absolute Gasteiger partial charge is 0.497 e. The Kier molecular flexibility index (Phi) is 4.71. The van der Waals surface area contributed by atoms with Gasteiger partial charge in [0, 0.05) is 24.1 Å². The second kappa shape index (κ2) is 6.70. The van der Waals surface area contributed by atoms with Crippen LogP contribution in [0.5, 0.6) is 5.75 Å². The van der Waals surface area contributed by atoms with Gasteiger partial charge in [0.2, 0.25) is 6.41 Å². The fourth-order valence-corrected chi connectivity index (χ4v) is 1.91. The molecule has 2 aromatic rings. The van der Waals surface area contributed by atoms with E-state index in [9.17, 15) is 4.79 Å². The summed E-state index contributed by atoms with van der Waals surface area (Å²) in [5.41, 5.74) is 2.98. The number of amides is 1. The number of hydrogen-bond donors (Lipinski definition) is 0. The lowest BCUT2D eigenvalue weighted by Gasteiger charge is -2.17. The summed E-state index contributed by atoms with van der Waals surface area (Å²) in [6, 6.07) is 11.5. The van der Waals surface area contributed by atoms with Crippen LogP contribution in [-0.2, 0) is 11.2 Å². The van der Waals surface area contributed by atoms with Gasteiger partial charge in [0.05, 0.1) is 7.11 Å². The number of pyridine rings is 1. The van der Waals surface area contributed by atoms with Gasteiger partial charge >= 0.3 is 0 Å². The molecule has 1 aromatic carbocycles. The van der Waals surface area contributed by atoms with Crippen molar-refractivity contribution < 1.29 is 9.53 Å². The Morgan fingerprint density at radius 2 is 1.95 bits per heavy atom. The van der Waals surface area contributed by atoms with Crippen molar-refractivity contribution in [1.82, 2.24) is 4.98 Å². The number of rotatable bonds is 6. The number of aromatic nitrogens is 1. The van der Waals surface area contributed by atoms with Crippen molar-refractivity contribution in [1.29, 1.82) is 0 Å². The van der Waals surface area contributed by atoms with Crippen LogP contribution in [0, 0.1) is 6.92 Å². The van der Waals surface area contributed by atoms with Crippen LogP contribution in [0.1, 0.15) is 11.3 Å². The van der Waals surface area contributed by atoms with E-state index in [4.69, 9.17) is 4.74 Å². The van der Waals surface area contributed by atoms with Crippen LogP contribution in [-0.4, -0.2) is 25.0 Å². The van der Waals surface area contributed by atoms with Crippen molar-refractivity contribution in [3.05, 3.63) is 53.9 Å². The molecule has 0 aliphatic rings. The van der Waals surface area contributed by atoms with E-state index in [0.29, 0.717) is 6.54 Å². The summed E-state index contributed by atoms with van der Waals surface area (Å²) in [7, 11) is 1.62. The number of methoxy groups -OCH3 is 1. The second-order valence-corrected chi connectivity index (χ2v) is 4.55. The zero-order valence-corrected chi connectivity index (χ0v) is 11.7. The highest BCUT2D eigenvalue weighted by Gasteiger charge is 2.06. The Bertz CT molecular complexity index is 550. The van der Waals surface area contributed by atoms with E-state index in [0.717, 1.165) is 35.5 Å². The van der Waals surface area contributed by atoms with Gasteiger partial charge in [0.25, 0.3) is 0 Å². The molecule has 0 N–H and O–H groups in total. The number of aryl methyl sites for hydroxylation is 1. The first kappa shape index (κ1) is 14.1. The molecule has 0 fully saturated rings. The summed E-state index contributed by atoms with van der Waals surface area (Å²) in [5.74, 6) is 0.780. The molecule has 0 atom stereocenters. The van der Waals surface area contributed by atoms with Crippen LogP contribution < -0.4 is 9.64 Å². The van der Waals surface area contributed by atoms with Gasteiger partial charge in [-0.25, -0.2) is 0 Å². The Morgan fingerprint density at radius 1 is 1.20 bits per heavy atom. The summed E-state index contributed by atoms with van der Waals surface area (Å²) in [4.78, 5) is 17.1. The van der Waals surface area contributed by atoms with Crippen molar-refractivity contribution in [2.45, 2.75) is 13.3 Å². The highest BCUT2D eigenvalue weighted by molar-refractivity contribution is 5.75. The number of hydrogen-bond acceptors (Lipinski definition) is 3. The van der Waals surface area contributed by atoms with Gasteiger partial charge in [-0.3, -0.25) is 9.78 Å². The quantitative estimate of drug-likeness (QED) is 0.758. The van der Waals surface area contributed by atoms with E-state index in [2.05, 4.69) is 4.98 Å². The van der Waals surface area contributed by atoms with Crippen molar-refractivity contribution >= 4 is 12.1 Å². The van der Waals surface area contributed by atoms with Gasteiger partial charge in [-0.15, -0.1) is 0 Å². The van der Waals surface area contributed by atoms with Crippen molar-refractivity contribution in [2.24, 2.45) is 0 Å². The molecule has 1 amide bonds. The van der Waals surface area contributed by atoms with Crippen molar-refractivity contribution in [3.63, 3.8) is 0 Å². The molecule has 2 rings (SSSR count). The summed E-state index contributed by atoms with van der Waals surface area (Å²) in [6.45, 7) is 2.58. The molecule has 0 saturated heterocycles. The lowest BCUT2D eigenvalue weighted by Crippen LogP contribution is -2.23. The predicted molar refractivity (Wildman–Crippen MR) is 79.1 cm³/mol. The minimum absolute atomic E-state index is 0.626. The molecular weight excluding hydrogens is 252 g/mol. The molecule has 0 aliphatic carbocycles. The Morgan fingerprint density at radius 3 is 2.50 bits per heavy atom. The smallest absolute Gasteiger partial charge is 0.214 e. The summed E-state index contributed by atoms with van der Waals surface area (Å²) < 4.78 is 5.11. The highest BCUT2D eigenvalue weighted by Crippen LogP contribution is 2.18. The molecule has 0 aliphatic heterocycles. The molecule has 0 unspecified atom stereocenters. The molecule has 0 spiro atoms. The van der Waals surface area contributed by atoms with Gasteiger partial charge < -0.3 is 9.64 Å². The third-order valence-electron chi connectivity index (χ3n) is 3.15. The normalized spacial score (nSPS) is 10.1. The van der Waals surface area contributed by atoms with Gasteiger partial charge in [0.1, 0.15) is 5.75 Å². The zero-order valence-electron chi connectivity index (χ0n) is 11.7. The maximum atomic E-state index is 11.2. The van der Waals surface area contributed by atoms with Crippen molar-refractivity contribution in [2.75, 3.05) is 18.6 Å². The first-order chi connectivity index (χ1) is 9.72. The van der Waals surface area contributed by atoms with Crippen LogP contribution in [0.3, 0.4) is 0 Å². The molecule has 0 bridgehead atoms. The standard InChI is InChI=1S/C16H18N2O2/c1-13-3-4-14(11-17-13)9-10-18(12-19)15-5-7-16(20-2)8-6-15/h3-8,11-12H,9-10H2,1-2H3. The molecule has 4 heteroatoms. The zero-order chi connectivity index (χ0) is 14.4. The van der Waals surface area contributed by atoms with Crippen LogP contribution in [0.4, 0.5) is 5.69 Å². The number of benzene rings is 1. The predicted octanol–water partition coefficient (Wildman–Crippen LogP) is 2.60. The minimum atomic E-state index is 0.626. The fraction of sp³-hybridized carbons (Fsp3) is 0.250. The molecule has 0 radical (unpaired) electrons. The maximum Gasteiger partial charge on any atom is 0.214 e. The maximum absolute atomic E-state index is 11.2. The van der Waals surface area contributed by atoms with Gasteiger partial charge in [-0.2, -0.15) is 0 Å². The van der Waals surface area contributed by atoms with E-state index < -0.39 is 0 Å². The topological polar surface area (TPSA) is 42.4 Å². The Balaban J connectivity index is 2.01. The van der Waals surface area contributed by atoms with Gasteiger partial charge in [0.15, 0.2) is 0 Å². The molecule has 1 heterocycles. The first-order valence-corrected chi connectivity index (χ1v) is 6.50. The van der Waals surface area contributed by atoms with Crippen LogP contribution >= 0.6 is 0 Å². The second-order valence-electron chi connectivity index (χ2n) is 4.55. The average molecular weight is 270 g/mol. The lowest BCUT2D eigenvalue weighted by atomic mass is 10.2. The van der Waals surface area contributed by atoms with E-state index in [1.807, 2.05) is 49.5 Å². The Labute approximate surface area is 119 Å². The highest BCUT2D eigenvalue weighted by atomic mass is 16.5. The number of ether oxygens (including phenoxy) is 1. The van der Waals surface area contributed by atoms with Crippen molar-refractivity contribution in [3.8, 4) is 5.75 Å². The van der Waals surface area contributed by atoms with Crippen LogP contribution in [0.2, 0.25) is 0 Å². The number of carbonyl (C=O) groups excluding carboxylic acids is 1. The van der Waals surface area contributed by atoms with E-state index in [1.165, 1.54) is 0 Å². The first-order valence-electron chi connectivity index (χ1n) is 6.50. The monoisotopic (exact) mass is 270 g/mol. The van der Waals surface area contributed by atoms with Crippen LogP contribution in [0.15, 0.2) is 42.6 Å². The Hall–Kier alpha value is -2.36. The molecule has 104 valence electrons. The lowest BCUT2D eigenvalue weighted by molar-refractivity contribution is -0.107. The molecule has 4 nitrogen and oxygen atoms in total. The van der Waals surface area contributed by atoms with E-state index in [1.54, 1.807) is 12.0 Å². The molecule has 20 heavy (non-hydrogen) atoms. The van der Waals surface area contributed by atoms with Gasteiger partial charge in [-0.1, -0.05) is 6.07 Å². The SMILES string of the molecule is COc1ccc(N(C=O)CCc2ccc(C)nc2)cc1. The average Bonchev–Trinajstić information content (AvgIpc) is 2.50. The number of carbonyl (C=O) groups is 1. The van der Waals surface area contributed by atoms with Gasteiger partial charge in [-0.05, 0) is 49.2 Å². The molecule has 1 aromatic heterocycles. The number of nitrogens with zero attached hydrogens (tertiary/aromatic N) is 2. The number of anilines is 1. The summed E-state index contributed by atoms with van der Waals surface area (Å²) in [6.07, 6.45) is 3.48. The minimum Gasteiger partial charge on any atom is -0.497 e. The van der Waals surface area contributed by atoms with E-state index >= 15 is 0 Å². The van der Waals surface area contributed by atoms with E-state index in [-0.39, 0.29) is 0 Å². The third-order valence-corrected chi connectivity index (χ3v) is 3.15. The third kappa shape index (κ3) is 3.57. The fourth-order valence-electron chi connectivity index (χ4n) is 1.91. The molecule has 0 saturated carbocycles. The summed E-state index contributed by atoms with van der Waals surface area (Å²) >= 11 is 0.